The Bertz CT molecular complexity index is 394. The topological polar surface area (TPSA) is 26.7 Å². The lowest BCUT2D eigenvalue weighted by Gasteiger charge is -2.23. The second-order valence-corrected chi connectivity index (χ2v) is 5.94. The normalized spacial score (nSPS) is 11.5. The molecule has 0 aliphatic heterocycles. The molecule has 0 heterocycles. The number of nitrogens with zero attached hydrogens (tertiary/aromatic N) is 2. The van der Waals surface area contributed by atoms with E-state index in [-0.39, 0.29) is 0 Å². The summed E-state index contributed by atoms with van der Waals surface area (Å²) in [6.45, 7) is 12.9. The van der Waals surface area contributed by atoms with Gasteiger partial charge in [0.2, 0.25) is 0 Å². The summed E-state index contributed by atoms with van der Waals surface area (Å²) in [5, 5.41) is 9.91. The number of phenolic OH excluding ortho intramolecular Hbond substituents is 1. The monoisotopic (exact) mass is 342 g/mol. The number of phenols is 1. The highest BCUT2D eigenvalue weighted by molar-refractivity contribution is 9.10. The van der Waals surface area contributed by atoms with Gasteiger partial charge in [-0.2, -0.15) is 0 Å². The molecule has 0 unspecified atom stereocenters. The molecule has 0 radical (unpaired) electrons. The van der Waals surface area contributed by atoms with Gasteiger partial charge >= 0.3 is 0 Å². The smallest absolute Gasteiger partial charge is 0.120 e. The van der Waals surface area contributed by atoms with Crippen LogP contribution in [0.3, 0.4) is 0 Å². The summed E-state index contributed by atoms with van der Waals surface area (Å²) in [5.74, 6) is 0.385. The van der Waals surface area contributed by atoms with Crippen LogP contribution < -0.4 is 0 Å². The summed E-state index contributed by atoms with van der Waals surface area (Å²) in [6.07, 6.45) is 1.17. The minimum absolute atomic E-state index is 0.385. The lowest BCUT2D eigenvalue weighted by Crippen LogP contribution is -2.29. The first-order valence-electron chi connectivity index (χ1n) is 7.52. The molecule has 0 atom stereocenters. The van der Waals surface area contributed by atoms with Crippen LogP contribution in [-0.2, 0) is 6.54 Å². The Balaban J connectivity index is 2.48. The zero-order valence-corrected chi connectivity index (χ0v) is 14.5. The summed E-state index contributed by atoms with van der Waals surface area (Å²) >= 11 is 3.46. The van der Waals surface area contributed by atoms with Gasteiger partial charge in [0.15, 0.2) is 0 Å². The molecule has 0 aliphatic rings. The zero-order chi connectivity index (χ0) is 15.0. The van der Waals surface area contributed by atoms with Gasteiger partial charge in [-0.1, -0.05) is 36.7 Å². The van der Waals surface area contributed by atoms with Crippen molar-refractivity contribution in [3.8, 4) is 5.75 Å². The molecule has 0 amide bonds. The second kappa shape index (κ2) is 9.37. The number of aromatic hydroxyl groups is 1. The number of halogens is 1. The fourth-order valence-corrected chi connectivity index (χ4v) is 2.74. The third-order valence-corrected chi connectivity index (χ3v) is 4.22. The van der Waals surface area contributed by atoms with Crippen molar-refractivity contribution >= 4 is 15.9 Å². The molecule has 0 aromatic heterocycles. The molecule has 1 aromatic rings. The van der Waals surface area contributed by atoms with Gasteiger partial charge in [-0.15, -0.1) is 0 Å². The van der Waals surface area contributed by atoms with E-state index in [1.165, 1.54) is 6.42 Å². The van der Waals surface area contributed by atoms with Crippen molar-refractivity contribution in [2.75, 3.05) is 32.7 Å². The van der Waals surface area contributed by atoms with Gasteiger partial charge in [0.05, 0.1) is 0 Å². The second-order valence-electron chi connectivity index (χ2n) is 5.02. The van der Waals surface area contributed by atoms with Gasteiger partial charge in [-0.05, 0) is 57.3 Å². The molecule has 0 saturated carbocycles. The summed E-state index contributed by atoms with van der Waals surface area (Å²) in [4.78, 5) is 4.83. The molecule has 0 spiro atoms. The van der Waals surface area contributed by atoms with Crippen LogP contribution in [0.5, 0.6) is 5.75 Å². The Hall–Kier alpha value is -0.580. The first-order valence-corrected chi connectivity index (χ1v) is 8.32. The van der Waals surface area contributed by atoms with Gasteiger partial charge in [-0.3, -0.25) is 4.90 Å². The average molecular weight is 343 g/mol. The Morgan fingerprint density at radius 1 is 1.00 bits per heavy atom. The van der Waals surface area contributed by atoms with Crippen LogP contribution in [0.25, 0.3) is 0 Å². The Morgan fingerprint density at radius 3 is 2.20 bits per heavy atom. The maximum atomic E-state index is 9.91. The van der Waals surface area contributed by atoms with Crippen LogP contribution in [0.15, 0.2) is 22.7 Å². The Labute approximate surface area is 131 Å². The zero-order valence-electron chi connectivity index (χ0n) is 12.9. The van der Waals surface area contributed by atoms with E-state index >= 15 is 0 Å². The maximum Gasteiger partial charge on any atom is 0.120 e. The summed E-state index contributed by atoms with van der Waals surface area (Å²) in [5.41, 5.74) is 0.990. The van der Waals surface area contributed by atoms with Crippen molar-refractivity contribution in [2.24, 2.45) is 0 Å². The molecular formula is C16H27BrN2O. The van der Waals surface area contributed by atoms with E-state index in [1.54, 1.807) is 6.07 Å². The molecule has 3 nitrogen and oxygen atoms in total. The molecule has 1 rings (SSSR count). The summed E-state index contributed by atoms with van der Waals surface area (Å²) in [7, 11) is 0. The number of hydrogen-bond donors (Lipinski definition) is 1. The first kappa shape index (κ1) is 17.5. The predicted molar refractivity (Wildman–Crippen MR) is 89.2 cm³/mol. The first-order chi connectivity index (χ1) is 9.60. The number of benzene rings is 1. The van der Waals surface area contributed by atoms with E-state index in [2.05, 4.69) is 46.5 Å². The van der Waals surface area contributed by atoms with Crippen molar-refractivity contribution < 1.29 is 5.11 Å². The van der Waals surface area contributed by atoms with E-state index in [9.17, 15) is 5.11 Å². The average Bonchev–Trinajstić information content (AvgIpc) is 2.46. The van der Waals surface area contributed by atoms with Crippen molar-refractivity contribution in [3.05, 3.63) is 28.2 Å². The molecule has 114 valence electrons. The standard InChI is InChI=1S/C16H27BrN2O/c1-4-18(5-2)10-7-11-19(6-3)13-14-12-15(17)8-9-16(14)20/h8-9,12,20H,4-7,10-11,13H2,1-3H3. The molecular weight excluding hydrogens is 316 g/mol. The Kier molecular flexibility index (Phi) is 8.19. The van der Waals surface area contributed by atoms with E-state index < -0.39 is 0 Å². The van der Waals surface area contributed by atoms with Gasteiger partial charge in [0.25, 0.3) is 0 Å². The van der Waals surface area contributed by atoms with Gasteiger partial charge in [0.1, 0.15) is 5.75 Å². The van der Waals surface area contributed by atoms with Crippen LogP contribution in [-0.4, -0.2) is 47.6 Å². The van der Waals surface area contributed by atoms with E-state index in [1.807, 2.05) is 12.1 Å². The SMILES string of the molecule is CCN(CC)CCCN(CC)Cc1cc(Br)ccc1O. The predicted octanol–water partition coefficient (Wildman–Crippen LogP) is 3.71. The largest absolute Gasteiger partial charge is 0.508 e. The number of hydrogen-bond acceptors (Lipinski definition) is 3. The van der Waals surface area contributed by atoms with E-state index in [4.69, 9.17) is 0 Å². The van der Waals surface area contributed by atoms with Crippen molar-refractivity contribution in [2.45, 2.75) is 33.7 Å². The van der Waals surface area contributed by atoms with Crippen molar-refractivity contribution in [3.63, 3.8) is 0 Å². The fraction of sp³-hybridized carbons (Fsp3) is 0.625. The lowest BCUT2D eigenvalue weighted by molar-refractivity contribution is 0.236. The molecule has 1 aromatic carbocycles. The fourth-order valence-electron chi connectivity index (χ4n) is 2.33. The maximum absolute atomic E-state index is 9.91. The van der Waals surface area contributed by atoms with Crippen LogP contribution in [0.1, 0.15) is 32.8 Å². The van der Waals surface area contributed by atoms with Crippen molar-refractivity contribution in [1.29, 1.82) is 0 Å². The van der Waals surface area contributed by atoms with Gasteiger partial charge in [0, 0.05) is 16.6 Å². The van der Waals surface area contributed by atoms with Gasteiger partial charge < -0.3 is 10.0 Å². The molecule has 0 saturated heterocycles. The molecule has 0 fully saturated rings. The molecule has 4 heteroatoms. The minimum Gasteiger partial charge on any atom is -0.508 e. The van der Waals surface area contributed by atoms with E-state index in [0.717, 1.165) is 49.3 Å². The van der Waals surface area contributed by atoms with Crippen LogP contribution in [0.2, 0.25) is 0 Å². The summed E-state index contributed by atoms with van der Waals surface area (Å²) in [6, 6.07) is 5.63. The highest BCUT2D eigenvalue weighted by Crippen LogP contribution is 2.23. The van der Waals surface area contributed by atoms with Crippen LogP contribution in [0, 0.1) is 0 Å². The van der Waals surface area contributed by atoms with Crippen molar-refractivity contribution in [1.82, 2.24) is 9.80 Å². The highest BCUT2D eigenvalue weighted by Gasteiger charge is 2.08. The summed E-state index contributed by atoms with van der Waals surface area (Å²) < 4.78 is 1.02. The van der Waals surface area contributed by atoms with Gasteiger partial charge in [-0.25, -0.2) is 0 Å². The Morgan fingerprint density at radius 2 is 1.60 bits per heavy atom. The number of rotatable bonds is 9. The van der Waals surface area contributed by atoms with E-state index in [0.29, 0.717) is 5.75 Å². The lowest BCUT2D eigenvalue weighted by atomic mass is 10.2. The third-order valence-electron chi connectivity index (χ3n) is 3.73. The molecule has 20 heavy (non-hydrogen) atoms. The third kappa shape index (κ3) is 5.81. The van der Waals surface area contributed by atoms with Crippen LogP contribution in [0.4, 0.5) is 0 Å². The quantitative estimate of drug-likeness (QED) is 0.740. The van der Waals surface area contributed by atoms with Crippen LogP contribution >= 0.6 is 15.9 Å². The molecule has 0 aliphatic carbocycles. The minimum atomic E-state index is 0.385. The molecule has 0 bridgehead atoms. The molecule has 1 N–H and O–H groups in total. The highest BCUT2D eigenvalue weighted by atomic mass is 79.9.